The maximum atomic E-state index is 14.3. The monoisotopic (exact) mass is 1070 g/mol. The number of carbonyl (C=O) groups is 8. The van der Waals surface area contributed by atoms with E-state index in [1.807, 2.05) is 20.8 Å². The molecule has 0 saturated carbocycles. The molecule has 6 amide bonds. The van der Waals surface area contributed by atoms with Crippen molar-refractivity contribution in [3.05, 3.63) is 58.1 Å². The summed E-state index contributed by atoms with van der Waals surface area (Å²) in [6, 6.07) is 1.77. The zero-order chi connectivity index (χ0) is 55.3. The molecule has 1 aliphatic heterocycles. The van der Waals surface area contributed by atoms with Crippen LogP contribution in [0.3, 0.4) is 0 Å². The summed E-state index contributed by atoms with van der Waals surface area (Å²) in [6.07, 6.45) is 0.351. The number of hydrogen-bond acceptors (Lipinski definition) is 13. The summed E-state index contributed by atoms with van der Waals surface area (Å²) in [4.78, 5) is 131. The molecule has 1 aliphatic rings. The van der Waals surface area contributed by atoms with Crippen LogP contribution in [0, 0.1) is 17.8 Å². The van der Waals surface area contributed by atoms with Gasteiger partial charge in [0.05, 0.1) is 13.2 Å². The molecule has 6 N–H and O–H groups in total. The number of cyclic esters (lactones) is 2. The van der Waals surface area contributed by atoms with Crippen molar-refractivity contribution < 1.29 is 71.4 Å². The highest BCUT2D eigenvalue weighted by Crippen LogP contribution is 2.35. The first-order valence-corrected chi connectivity index (χ1v) is 26.5. The molecular weight excluding hydrogens is 991 g/mol. The van der Waals surface area contributed by atoms with Crippen molar-refractivity contribution in [3.8, 4) is 0 Å². The molecule has 21 nitrogen and oxygen atoms in total. The average molecular weight is 1070 g/mol. The number of phosphoric ester groups is 1. The lowest BCUT2D eigenvalue weighted by Gasteiger charge is -2.33. The van der Waals surface area contributed by atoms with E-state index in [9.17, 15) is 42.9 Å². The summed E-state index contributed by atoms with van der Waals surface area (Å²) >= 11 is 6.14. The van der Waals surface area contributed by atoms with Gasteiger partial charge in [-0.05, 0) is 95.4 Å². The molecule has 1 aromatic carbocycles. The lowest BCUT2D eigenvalue weighted by atomic mass is 9.90. The van der Waals surface area contributed by atoms with E-state index in [0.29, 0.717) is 41.8 Å². The van der Waals surface area contributed by atoms with Crippen LogP contribution in [0.1, 0.15) is 113 Å². The fraction of sp³-hybridized carbons (Fsp3) is 0.640. The lowest BCUT2D eigenvalue weighted by molar-refractivity contribution is -0.155. The molecule has 9 atom stereocenters. The van der Waals surface area contributed by atoms with Crippen LogP contribution in [0.25, 0.3) is 0 Å². The normalized spacial score (nSPS) is 25.7. The minimum absolute atomic E-state index is 0.0122. The average Bonchev–Trinajstić information content (AvgIpc) is 3.32. The Kier molecular flexibility index (Phi) is 26.9. The SMILES string of the molecule is C/C=C(\C)[C@H]1OC(=O)[C@@H](C)NC(=O)C(C(C)CC)NC(=O)CN(C)C(=O)[C@@H](Cc2ccc(Cl)cc2)N(C)C(=O)[C@H](C)NC(=O)[C@@H](CC(C)C)OC(=O)/C(C)=C/C[C@H](OC(=O)NCCCCCOP(=O)(O)O)[C@@H]1C. The number of ether oxygens (including phenoxy) is 3. The van der Waals surface area contributed by atoms with E-state index in [1.54, 1.807) is 58.0 Å². The number of phosphoric acid groups is 1. The van der Waals surface area contributed by atoms with E-state index in [0.717, 1.165) is 4.90 Å². The number of likely N-dealkylation sites (N-methyl/N-ethyl adjacent to an activating group) is 2. The third-order valence-electron chi connectivity index (χ3n) is 12.5. The molecule has 73 heavy (non-hydrogen) atoms. The molecule has 2 rings (SSSR count). The first-order chi connectivity index (χ1) is 34.1. The number of benzene rings is 1. The number of amides is 6. The van der Waals surface area contributed by atoms with E-state index in [2.05, 4.69) is 25.8 Å². The number of alkyl carbamates (subject to hydrolysis) is 1. The van der Waals surface area contributed by atoms with Crippen LogP contribution in [0.15, 0.2) is 47.6 Å². The van der Waals surface area contributed by atoms with Crippen molar-refractivity contribution in [1.82, 2.24) is 31.1 Å². The number of unbranched alkanes of at least 4 members (excludes halogenated alkanes) is 2. The number of esters is 2. The number of hydrogen-bond donors (Lipinski definition) is 6. The Morgan fingerprint density at radius 2 is 1.56 bits per heavy atom. The molecule has 1 aromatic rings. The Balaban J connectivity index is 2.67. The molecule has 0 fully saturated rings. The van der Waals surface area contributed by atoms with Crippen LogP contribution in [0.4, 0.5) is 4.79 Å². The summed E-state index contributed by atoms with van der Waals surface area (Å²) in [7, 11) is -1.85. The van der Waals surface area contributed by atoms with E-state index in [1.165, 1.54) is 45.8 Å². The van der Waals surface area contributed by atoms with Crippen molar-refractivity contribution in [2.45, 2.75) is 157 Å². The smallest absolute Gasteiger partial charge is 0.456 e. The van der Waals surface area contributed by atoms with Gasteiger partial charge < -0.3 is 55.1 Å². The van der Waals surface area contributed by atoms with Crippen molar-refractivity contribution >= 4 is 67.0 Å². The molecule has 0 aromatic heterocycles. The second-order valence-electron chi connectivity index (χ2n) is 19.0. The number of allylic oxidation sites excluding steroid dienone is 1. The summed E-state index contributed by atoms with van der Waals surface area (Å²) in [5, 5.41) is 11.1. The van der Waals surface area contributed by atoms with Crippen LogP contribution >= 0.6 is 19.4 Å². The van der Waals surface area contributed by atoms with Gasteiger partial charge in [-0.2, -0.15) is 0 Å². The Bertz CT molecular complexity index is 2170. The fourth-order valence-electron chi connectivity index (χ4n) is 7.66. The summed E-state index contributed by atoms with van der Waals surface area (Å²) in [5.41, 5.74) is 1.22. The number of halogens is 1. The lowest BCUT2D eigenvalue weighted by Crippen LogP contribution is -2.57. The van der Waals surface area contributed by atoms with Gasteiger partial charge in [-0.25, -0.2) is 18.9 Å². The third-order valence-corrected chi connectivity index (χ3v) is 13.2. The zero-order valence-corrected chi connectivity index (χ0v) is 45.9. The van der Waals surface area contributed by atoms with E-state index in [4.69, 9.17) is 35.6 Å². The first-order valence-electron chi connectivity index (χ1n) is 24.6. The highest BCUT2D eigenvalue weighted by molar-refractivity contribution is 7.46. The van der Waals surface area contributed by atoms with Crippen molar-refractivity contribution in [1.29, 1.82) is 0 Å². The highest BCUT2D eigenvalue weighted by Gasteiger charge is 2.38. The Morgan fingerprint density at radius 1 is 0.932 bits per heavy atom. The fourth-order valence-corrected chi connectivity index (χ4v) is 8.15. The highest BCUT2D eigenvalue weighted by atomic mass is 35.5. The van der Waals surface area contributed by atoms with Gasteiger partial charge in [-0.1, -0.05) is 76.9 Å². The van der Waals surface area contributed by atoms with Crippen LogP contribution in [-0.4, -0.2) is 143 Å². The van der Waals surface area contributed by atoms with Crippen LogP contribution in [0.2, 0.25) is 5.02 Å². The number of rotatable bonds is 15. The van der Waals surface area contributed by atoms with Gasteiger partial charge in [0, 0.05) is 50.0 Å². The zero-order valence-electron chi connectivity index (χ0n) is 44.2. The quantitative estimate of drug-likeness (QED) is 0.0448. The molecule has 2 unspecified atom stereocenters. The predicted molar refractivity (Wildman–Crippen MR) is 272 cm³/mol. The number of carbonyl (C=O) groups excluding carboxylic acids is 8. The maximum Gasteiger partial charge on any atom is 0.469 e. The minimum Gasteiger partial charge on any atom is -0.456 e. The van der Waals surface area contributed by atoms with Gasteiger partial charge >= 0.3 is 25.9 Å². The van der Waals surface area contributed by atoms with Gasteiger partial charge in [-0.15, -0.1) is 0 Å². The largest absolute Gasteiger partial charge is 0.469 e. The summed E-state index contributed by atoms with van der Waals surface area (Å²) < 4.78 is 33.2. The number of nitrogens with zero attached hydrogens (tertiary/aromatic N) is 2. The molecule has 0 spiro atoms. The van der Waals surface area contributed by atoms with E-state index >= 15 is 0 Å². The summed E-state index contributed by atoms with van der Waals surface area (Å²) in [6.45, 7) is 16.0. The molecule has 1 heterocycles. The summed E-state index contributed by atoms with van der Waals surface area (Å²) in [5.74, 6) is -6.64. The van der Waals surface area contributed by atoms with Crippen LogP contribution in [0.5, 0.6) is 0 Å². The van der Waals surface area contributed by atoms with Crippen molar-refractivity contribution in [3.63, 3.8) is 0 Å². The third kappa shape index (κ3) is 22.0. The molecule has 410 valence electrons. The van der Waals surface area contributed by atoms with Crippen LogP contribution < -0.4 is 21.3 Å². The second kappa shape index (κ2) is 30.8. The van der Waals surface area contributed by atoms with Gasteiger partial charge in [-0.3, -0.25) is 28.5 Å². The topological polar surface area (TPSA) is 286 Å². The number of nitrogens with one attached hydrogen (secondary N) is 4. The second-order valence-corrected chi connectivity index (χ2v) is 20.7. The molecule has 0 saturated heterocycles. The molecular formula is C50H78ClN6O15P. The van der Waals surface area contributed by atoms with Crippen molar-refractivity contribution in [2.24, 2.45) is 17.8 Å². The van der Waals surface area contributed by atoms with Crippen molar-refractivity contribution in [2.75, 3.05) is 33.8 Å². The van der Waals surface area contributed by atoms with Crippen LogP contribution in [-0.2, 0) is 63.3 Å². The Labute approximate surface area is 434 Å². The van der Waals surface area contributed by atoms with E-state index in [-0.39, 0.29) is 43.9 Å². The van der Waals surface area contributed by atoms with Gasteiger partial charge in [0.2, 0.25) is 23.6 Å². The van der Waals surface area contributed by atoms with Gasteiger partial charge in [0.1, 0.15) is 36.4 Å². The Hall–Kier alpha value is -5.34. The maximum absolute atomic E-state index is 14.3. The predicted octanol–water partition coefficient (Wildman–Crippen LogP) is 4.90. The molecule has 0 aliphatic carbocycles. The molecule has 0 bridgehead atoms. The van der Waals surface area contributed by atoms with E-state index < -0.39 is 116 Å². The molecule has 0 radical (unpaired) electrons. The van der Waals surface area contributed by atoms with Gasteiger partial charge in [0.25, 0.3) is 5.91 Å². The Morgan fingerprint density at radius 3 is 2.15 bits per heavy atom. The minimum atomic E-state index is -4.61. The van der Waals surface area contributed by atoms with Gasteiger partial charge in [0.15, 0.2) is 6.10 Å². The first kappa shape index (κ1) is 63.8. The molecule has 23 heteroatoms. The standard InChI is InChI=1S/C50H78ClN6O15P/c1-13-30(5)42-45(60)54-35(10)49(64)72-43(31(6)14-2)33(8)39(71-50(65)52-24-16-15-17-25-69-73(66,67)68)23-18-32(7)48(63)70-40(26-29(3)4)44(59)53-34(9)46(61)57(12)38(27-36-19-21-37(51)22-20-36)47(62)56(11)28-41(58)55-42/h14,18-22,29-30,33-35,38-40,42-43H,13,15-17,23-28H2,1-12H3,(H,52,65)(H,53,59)(H,54,60)(H,55,58)(H2,66,67,68)/b31-14+,32-18+/t30?,33-,34-,35+,38+,39-,40+,42?,43+/m0/s1.